The average Bonchev–Trinajstić information content (AvgIpc) is 2.28. The molecule has 0 aromatic heterocycles. The Bertz CT molecular complexity index is 279. The van der Waals surface area contributed by atoms with Crippen LogP contribution >= 0.6 is 0 Å². The van der Waals surface area contributed by atoms with E-state index in [1.54, 1.807) is 6.92 Å². The number of amides is 2. The Kier molecular flexibility index (Phi) is 5.41. The number of aliphatic hydroxyl groups excluding tert-OH is 1. The highest BCUT2D eigenvalue weighted by molar-refractivity contribution is 6.35. The van der Waals surface area contributed by atoms with E-state index in [4.69, 9.17) is 5.11 Å². The van der Waals surface area contributed by atoms with Gasteiger partial charge >= 0.3 is 11.8 Å². The van der Waals surface area contributed by atoms with Crippen molar-refractivity contribution in [1.82, 2.24) is 10.6 Å². The summed E-state index contributed by atoms with van der Waals surface area (Å²) in [5.41, 5.74) is 0. The normalized spacial score (nSPS) is 26.1. The first-order chi connectivity index (χ1) is 8.00. The second-order valence-electron chi connectivity index (χ2n) is 4.90. The van der Waals surface area contributed by atoms with Gasteiger partial charge in [0.05, 0.1) is 6.10 Å². The molecule has 1 saturated carbocycles. The highest BCUT2D eigenvalue weighted by Crippen LogP contribution is 2.23. The van der Waals surface area contributed by atoms with Crippen LogP contribution in [0.3, 0.4) is 0 Å². The summed E-state index contributed by atoms with van der Waals surface area (Å²) < 4.78 is 0. The molecule has 0 saturated heterocycles. The number of carbonyl (C=O) groups excluding carboxylic acids is 2. The molecule has 0 aromatic rings. The topological polar surface area (TPSA) is 78.4 Å². The summed E-state index contributed by atoms with van der Waals surface area (Å²) in [4.78, 5) is 23.0. The molecule has 0 heterocycles. The quantitative estimate of drug-likeness (QED) is 0.618. The van der Waals surface area contributed by atoms with Crippen molar-refractivity contribution in [3.05, 3.63) is 0 Å². The van der Waals surface area contributed by atoms with Gasteiger partial charge in [0.15, 0.2) is 0 Å². The van der Waals surface area contributed by atoms with Crippen molar-refractivity contribution in [2.24, 2.45) is 5.92 Å². The molecule has 0 spiro atoms. The average molecular weight is 242 g/mol. The van der Waals surface area contributed by atoms with Crippen molar-refractivity contribution >= 4 is 11.8 Å². The van der Waals surface area contributed by atoms with Crippen LogP contribution in [0.4, 0.5) is 0 Å². The van der Waals surface area contributed by atoms with E-state index < -0.39 is 17.9 Å². The molecule has 1 aliphatic carbocycles. The number of rotatable bonds is 3. The van der Waals surface area contributed by atoms with Crippen LogP contribution in [0.5, 0.6) is 0 Å². The minimum Gasteiger partial charge on any atom is -0.392 e. The van der Waals surface area contributed by atoms with Crippen molar-refractivity contribution in [1.29, 1.82) is 0 Å². The summed E-state index contributed by atoms with van der Waals surface area (Å²) in [6.45, 7) is 3.76. The third-order valence-corrected chi connectivity index (χ3v) is 3.19. The predicted molar refractivity (Wildman–Crippen MR) is 64.3 cm³/mol. The molecule has 1 fully saturated rings. The molecular formula is C12H22N2O3. The highest BCUT2D eigenvalue weighted by Gasteiger charge is 2.25. The first-order valence-corrected chi connectivity index (χ1v) is 6.27. The van der Waals surface area contributed by atoms with Gasteiger partial charge < -0.3 is 15.7 Å². The van der Waals surface area contributed by atoms with Gasteiger partial charge in [-0.25, -0.2) is 0 Å². The van der Waals surface area contributed by atoms with Gasteiger partial charge in [0, 0.05) is 12.6 Å². The lowest BCUT2D eigenvalue weighted by Gasteiger charge is -2.29. The lowest BCUT2D eigenvalue weighted by molar-refractivity contribution is -0.140. The fraction of sp³-hybridized carbons (Fsp3) is 0.833. The lowest BCUT2D eigenvalue weighted by Crippen LogP contribution is -2.48. The van der Waals surface area contributed by atoms with E-state index >= 15 is 0 Å². The van der Waals surface area contributed by atoms with Gasteiger partial charge in [-0.05, 0) is 25.7 Å². The Morgan fingerprint density at radius 3 is 2.53 bits per heavy atom. The second kappa shape index (κ2) is 6.59. The van der Waals surface area contributed by atoms with Crippen molar-refractivity contribution in [2.75, 3.05) is 6.54 Å². The number of nitrogens with one attached hydrogen (secondary N) is 2. The molecular weight excluding hydrogens is 220 g/mol. The van der Waals surface area contributed by atoms with E-state index in [-0.39, 0.29) is 12.6 Å². The summed E-state index contributed by atoms with van der Waals surface area (Å²) in [6, 6.07) is 0.105. The van der Waals surface area contributed by atoms with Gasteiger partial charge in [0.1, 0.15) is 0 Å². The molecule has 0 aliphatic heterocycles. The fourth-order valence-electron chi connectivity index (χ4n) is 2.09. The summed E-state index contributed by atoms with van der Waals surface area (Å²) in [5, 5.41) is 14.1. The Balaban J connectivity index is 2.34. The fourth-order valence-corrected chi connectivity index (χ4v) is 2.09. The van der Waals surface area contributed by atoms with Gasteiger partial charge in [-0.3, -0.25) is 9.59 Å². The molecule has 3 atom stereocenters. The predicted octanol–water partition coefficient (Wildman–Crippen LogP) is 0.178. The molecule has 2 amide bonds. The second-order valence-corrected chi connectivity index (χ2v) is 4.90. The van der Waals surface area contributed by atoms with E-state index in [1.165, 1.54) is 6.42 Å². The van der Waals surface area contributed by atoms with Crippen molar-refractivity contribution in [2.45, 2.75) is 51.7 Å². The van der Waals surface area contributed by atoms with Crippen molar-refractivity contribution in [3.8, 4) is 0 Å². The smallest absolute Gasteiger partial charge is 0.309 e. The SMILES string of the molecule is C[C@H](O)CNC(=O)C(=O)N[C@@H]1CCCC[C@H]1C. The van der Waals surface area contributed by atoms with Crippen LogP contribution in [0.15, 0.2) is 0 Å². The first kappa shape index (κ1) is 14.0. The molecule has 17 heavy (non-hydrogen) atoms. The van der Waals surface area contributed by atoms with Gasteiger partial charge in [-0.1, -0.05) is 19.8 Å². The van der Waals surface area contributed by atoms with Crippen LogP contribution in [0.25, 0.3) is 0 Å². The van der Waals surface area contributed by atoms with Crippen LogP contribution < -0.4 is 10.6 Å². The number of hydrogen-bond acceptors (Lipinski definition) is 3. The lowest BCUT2D eigenvalue weighted by atomic mass is 9.86. The molecule has 5 nitrogen and oxygen atoms in total. The van der Waals surface area contributed by atoms with Crippen molar-refractivity contribution < 1.29 is 14.7 Å². The molecule has 5 heteroatoms. The van der Waals surface area contributed by atoms with E-state index in [9.17, 15) is 9.59 Å². The third kappa shape index (κ3) is 4.73. The van der Waals surface area contributed by atoms with E-state index in [2.05, 4.69) is 17.6 Å². The Morgan fingerprint density at radius 1 is 1.29 bits per heavy atom. The molecule has 0 radical (unpaired) electrons. The number of aliphatic hydroxyl groups is 1. The van der Waals surface area contributed by atoms with Gasteiger partial charge in [-0.2, -0.15) is 0 Å². The first-order valence-electron chi connectivity index (χ1n) is 6.27. The van der Waals surface area contributed by atoms with Crippen LogP contribution in [0.2, 0.25) is 0 Å². The van der Waals surface area contributed by atoms with E-state index in [0.717, 1.165) is 19.3 Å². The zero-order valence-electron chi connectivity index (χ0n) is 10.5. The van der Waals surface area contributed by atoms with Gasteiger partial charge in [0.25, 0.3) is 0 Å². The molecule has 0 aromatic carbocycles. The summed E-state index contributed by atoms with van der Waals surface area (Å²) in [6.07, 6.45) is 3.70. The number of carbonyl (C=O) groups is 2. The maximum atomic E-state index is 11.6. The standard InChI is InChI=1S/C12H22N2O3/c1-8-5-3-4-6-10(8)14-12(17)11(16)13-7-9(2)15/h8-10,15H,3-7H2,1-2H3,(H,13,16)(H,14,17)/t8-,9+,10-/m1/s1. The number of hydrogen-bond donors (Lipinski definition) is 3. The van der Waals surface area contributed by atoms with Crippen LogP contribution in [-0.2, 0) is 9.59 Å². The molecule has 0 bridgehead atoms. The van der Waals surface area contributed by atoms with Gasteiger partial charge in [0.2, 0.25) is 0 Å². The van der Waals surface area contributed by atoms with Gasteiger partial charge in [-0.15, -0.1) is 0 Å². The molecule has 0 unspecified atom stereocenters. The monoisotopic (exact) mass is 242 g/mol. The minimum absolute atomic E-state index is 0.104. The van der Waals surface area contributed by atoms with Crippen molar-refractivity contribution in [3.63, 3.8) is 0 Å². The molecule has 3 N–H and O–H groups in total. The Morgan fingerprint density at radius 2 is 1.94 bits per heavy atom. The maximum Gasteiger partial charge on any atom is 0.309 e. The summed E-state index contributed by atoms with van der Waals surface area (Å²) in [7, 11) is 0. The zero-order chi connectivity index (χ0) is 12.8. The largest absolute Gasteiger partial charge is 0.392 e. The Hall–Kier alpha value is -1.10. The van der Waals surface area contributed by atoms with Crippen LogP contribution in [0, 0.1) is 5.92 Å². The molecule has 1 aliphatic rings. The van der Waals surface area contributed by atoms with Crippen LogP contribution in [0.1, 0.15) is 39.5 Å². The molecule has 98 valence electrons. The third-order valence-electron chi connectivity index (χ3n) is 3.19. The molecule has 1 rings (SSSR count). The van der Waals surface area contributed by atoms with Crippen LogP contribution in [-0.4, -0.2) is 35.6 Å². The highest BCUT2D eigenvalue weighted by atomic mass is 16.3. The van der Waals surface area contributed by atoms with E-state index in [1.807, 2.05) is 0 Å². The summed E-state index contributed by atoms with van der Waals surface area (Å²) in [5.74, 6) is -0.828. The maximum absolute atomic E-state index is 11.6. The minimum atomic E-state index is -0.663. The summed E-state index contributed by atoms with van der Waals surface area (Å²) >= 11 is 0. The zero-order valence-corrected chi connectivity index (χ0v) is 10.5. The Labute approximate surface area is 102 Å². The van der Waals surface area contributed by atoms with E-state index in [0.29, 0.717) is 5.92 Å².